The standard InChI is InChI=1S/C9H12F3N3O2S/c1-6-13-8(7-2-3-18(16,17)4-7)15(14-6)5-9(10,11)12/h7H,2-5H2,1H3/t7-/m1/s1. The number of halogens is 3. The number of nitrogens with zero attached hydrogens (tertiary/aromatic N) is 3. The molecule has 0 unspecified atom stereocenters. The van der Waals surface area contributed by atoms with E-state index in [2.05, 4.69) is 10.1 Å². The number of aryl methyl sites for hydroxylation is 1. The summed E-state index contributed by atoms with van der Waals surface area (Å²) in [5, 5.41) is 3.68. The summed E-state index contributed by atoms with van der Waals surface area (Å²) in [7, 11) is -3.16. The Bertz CT molecular complexity index is 550. The SMILES string of the molecule is Cc1nc([C@@H]2CCS(=O)(=O)C2)n(CC(F)(F)F)n1. The molecule has 0 aliphatic carbocycles. The van der Waals surface area contributed by atoms with E-state index in [1.165, 1.54) is 6.92 Å². The zero-order chi connectivity index (χ0) is 13.6. The zero-order valence-corrected chi connectivity index (χ0v) is 10.4. The van der Waals surface area contributed by atoms with E-state index in [-0.39, 0.29) is 23.2 Å². The molecule has 2 heterocycles. The number of rotatable bonds is 2. The zero-order valence-electron chi connectivity index (χ0n) is 9.61. The van der Waals surface area contributed by atoms with Gasteiger partial charge in [0, 0.05) is 5.92 Å². The minimum atomic E-state index is -4.40. The summed E-state index contributed by atoms with van der Waals surface area (Å²) >= 11 is 0. The largest absolute Gasteiger partial charge is 0.408 e. The third kappa shape index (κ3) is 3.01. The molecule has 0 aromatic carbocycles. The summed E-state index contributed by atoms with van der Waals surface area (Å²) in [6, 6.07) is 0. The van der Waals surface area contributed by atoms with Crippen molar-refractivity contribution >= 4 is 9.84 Å². The Hall–Kier alpha value is -1.12. The summed E-state index contributed by atoms with van der Waals surface area (Å²) < 4.78 is 60.5. The van der Waals surface area contributed by atoms with Crippen molar-refractivity contribution in [3.8, 4) is 0 Å². The van der Waals surface area contributed by atoms with Gasteiger partial charge in [0.2, 0.25) is 0 Å². The van der Waals surface area contributed by atoms with E-state index in [0.717, 1.165) is 4.68 Å². The predicted octanol–water partition coefficient (Wildman–Crippen LogP) is 1.05. The van der Waals surface area contributed by atoms with Gasteiger partial charge in [-0.25, -0.2) is 18.1 Å². The van der Waals surface area contributed by atoms with Crippen molar-refractivity contribution in [2.24, 2.45) is 0 Å². The van der Waals surface area contributed by atoms with Crippen LogP contribution in [0.5, 0.6) is 0 Å². The Morgan fingerprint density at radius 2 is 2.11 bits per heavy atom. The molecule has 0 amide bonds. The molecule has 0 N–H and O–H groups in total. The van der Waals surface area contributed by atoms with Crippen molar-refractivity contribution in [3.05, 3.63) is 11.6 Å². The van der Waals surface area contributed by atoms with E-state index < -0.39 is 28.5 Å². The fourth-order valence-corrected chi connectivity index (χ4v) is 3.80. The summed E-state index contributed by atoms with van der Waals surface area (Å²) in [6.45, 7) is 0.250. The molecular formula is C9H12F3N3O2S. The van der Waals surface area contributed by atoms with Gasteiger partial charge in [0.1, 0.15) is 18.2 Å². The molecule has 2 rings (SSSR count). The first-order chi connectivity index (χ1) is 8.16. The van der Waals surface area contributed by atoms with E-state index in [4.69, 9.17) is 0 Å². The second kappa shape index (κ2) is 4.22. The van der Waals surface area contributed by atoms with Crippen LogP contribution in [-0.2, 0) is 16.4 Å². The van der Waals surface area contributed by atoms with Crippen molar-refractivity contribution in [3.63, 3.8) is 0 Å². The van der Waals surface area contributed by atoms with Crippen LogP contribution in [0.15, 0.2) is 0 Å². The highest BCUT2D eigenvalue weighted by Gasteiger charge is 2.36. The Morgan fingerprint density at radius 3 is 2.61 bits per heavy atom. The van der Waals surface area contributed by atoms with Crippen LogP contribution >= 0.6 is 0 Å². The molecule has 1 aliphatic heterocycles. The number of alkyl halides is 3. The molecular weight excluding hydrogens is 271 g/mol. The van der Waals surface area contributed by atoms with Crippen molar-refractivity contribution in [2.45, 2.75) is 32.0 Å². The second-order valence-corrected chi connectivity index (χ2v) is 6.62. The van der Waals surface area contributed by atoms with Gasteiger partial charge in [-0.1, -0.05) is 0 Å². The minimum Gasteiger partial charge on any atom is -0.240 e. The molecule has 18 heavy (non-hydrogen) atoms. The van der Waals surface area contributed by atoms with E-state index in [1.54, 1.807) is 0 Å². The van der Waals surface area contributed by atoms with E-state index in [0.29, 0.717) is 6.42 Å². The molecule has 1 saturated heterocycles. The molecule has 5 nitrogen and oxygen atoms in total. The fourth-order valence-electron chi connectivity index (χ4n) is 2.06. The van der Waals surface area contributed by atoms with Crippen LogP contribution in [0.1, 0.15) is 24.0 Å². The monoisotopic (exact) mass is 283 g/mol. The van der Waals surface area contributed by atoms with Gasteiger partial charge in [-0.05, 0) is 13.3 Å². The van der Waals surface area contributed by atoms with Crippen LogP contribution < -0.4 is 0 Å². The highest BCUT2D eigenvalue weighted by atomic mass is 32.2. The van der Waals surface area contributed by atoms with E-state index in [1.807, 2.05) is 0 Å². The van der Waals surface area contributed by atoms with Crippen LogP contribution in [0.3, 0.4) is 0 Å². The molecule has 9 heteroatoms. The average molecular weight is 283 g/mol. The molecule has 1 aromatic rings. The lowest BCUT2D eigenvalue weighted by molar-refractivity contribution is -0.143. The predicted molar refractivity (Wildman–Crippen MR) is 56.8 cm³/mol. The van der Waals surface area contributed by atoms with Gasteiger partial charge in [-0.3, -0.25) is 0 Å². The number of hydrogen-bond acceptors (Lipinski definition) is 4. The Morgan fingerprint density at radius 1 is 1.44 bits per heavy atom. The normalized spacial score (nSPS) is 23.4. The summed E-state index contributed by atoms with van der Waals surface area (Å²) in [5.74, 6) is -0.304. The molecule has 0 radical (unpaired) electrons. The smallest absolute Gasteiger partial charge is 0.240 e. The van der Waals surface area contributed by atoms with Crippen LogP contribution in [0, 0.1) is 6.92 Å². The first-order valence-electron chi connectivity index (χ1n) is 5.35. The Kier molecular flexibility index (Phi) is 3.12. The summed E-state index contributed by atoms with van der Waals surface area (Å²) in [4.78, 5) is 3.93. The maximum atomic E-state index is 12.4. The van der Waals surface area contributed by atoms with Crippen molar-refractivity contribution in [2.75, 3.05) is 11.5 Å². The van der Waals surface area contributed by atoms with Gasteiger partial charge in [-0.2, -0.15) is 18.3 Å². The van der Waals surface area contributed by atoms with Gasteiger partial charge in [-0.15, -0.1) is 0 Å². The number of sulfone groups is 1. The van der Waals surface area contributed by atoms with Crippen molar-refractivity contribution in [1.29, 1.82) is 0 Å². The van der Waals surface area contributed by atoms with Crippen molar-refractivity contribution < 1.29 is 21.6 Å². The van der Waals surface area contributed by atoms with Crippen LogP contribution in [0.4, 0.5) is 13.2 Å². The van der Waals surface area contributed by atoms with Gasteiger partial charge in [0.15, 0.2) is 9.84 Å². The topological polar surface area (TPSA) is 64.8 Å². The number of hydrogen-bond donors (Lipinski definition) is 0. The maximum Gasteiger partial charge on any atom is 0.408 e. The summed E-state index contributed by atoms with van der Waals surface area (Å²) in [5.41, 5.74) is 0. The first-order valence-corrected chi connectivity index (χ1v) is 7.17. The Labute approximate surface area is 102 Å². The Balaban J connectivity index is 2.28. The lowest BCUT2D eigenvalue weighted by Gasteiger charge is -2.11. The summed E-state index contributed by atoms with van der Waals surface area (Å²) in [6.07, 6.45) is -4.09. The molecule has 1 atom stereocenters. The maximum absolute atomic E-state index is 12.4. The fraction of sp³-hybridized carbons (Fsp3) is 0.778. The first kappa shape index (κ1) is 13.3. The molecule has 1 aliphatic rings. The molecule has 0 spiro atoms. The third-order valence-corrected chi connectivity index (χ3v) is 4.50. The highest BCUT2D eigenvalue weighted by Crippen LogP contribution is 2.29. The average Bonchev–Trinajstić information content (AvgIpc) is 2.67. The van der Waals surface area contributed by atoms with Crippen molar-refractivity contribution in [1.82, 2.24) is 14.8 Å². The quantitative estimate of drug-likeness (QED) is 0.814. The van der Waals surface area contributed by atoms with Gasteiger partial charge < -0.3 is 0 Å². The van der Waals surface area contributed by atoms with Gasteiger partial charge >= 0.3 is 6.18 Å². The van der Waals surface area contributed by atoms with Gasteiger partial charge in [0.05, 0.1) is 11.5 Å². The molecule has 0 bridgehead atoms. The van der Waals surface area contributed by atoms with Crippen LogP contribution in [0.25, 0.3) is 0 Å². The van der Waals surface area contributed by atoms with E-state index in [9.17, 15) is 21.6 Å². The molecule has 102 valence electrons. The third-order valence-electron chi connectivity index (χ3n) is 2.73. The second-order valence-electron chi connectivity index (χ2n) is 4.39. The molecule has 1 fully saturated rings. The number of aromatic nitrogens is 3. The highest BCUT2D eigenvalue weighted by molar-refractivity contribution is 7.91. The van der Waals surface area contributed by atoms with Gasteiger partial charge in [0.25, 0.3) is 0 Å². The van der Waals surface area contributed by atoms with Crippen LogP contribution in [0.2, 0.25) is 0 Å². The lowest BCUT2D eigenvalue weighted by Crippen LogP contribution is -2.22. The van der Waals surface area contributed by atoms with Crippen LogP contribution in [-0.4, -0.2) is 40.9 Å². The lowest BCUT2D eigenvalue weighted by atomic mass is 10.1. The van der Waals surface area contributed by atoms with E-state index >= 15 is 0 Å². The molecule has 1 aromatic heterocycles. The minimum absolute atomic E-state index is 0.00437. The molecule has 0 saturated carbocycles.